The Bertz CT molecular complexity index is 1140. The number of benzene rings is 2. The summed E-state index contributed by atoms with van der Waals surface area (Å²) in [7, 11) is 0. The molecule has 0 spiro atoms. The number of nitrogen functional groups attached to an aromatic ring is 1. The van der Waals surface area contributed by atoms with Crippen molar-refractivity contribution in [1.29, 1.82) is 0 Å². The third-order valence-corrected chi connectivity index (χ3v) is 6.13. The van der Waals surface area contributed by atoms with Crippen molar-refractivity contribution in [2.24, 2.45) is 0 Å². The van der Waals surface area contributed by atoms with Crippen molar-refractivity contribution in [1.82, 2.24) is 15.2 Å². The van der Waals surface area contributed by atoms with Crippen LogP contribution >= 0.6 is 0 Å². The SMILES string of the molecule is CC1CN(C(=O)c2ccc(-c3cnc(N)c(OC(C)c4ccccc4CF)c3)cc2)CC(C)N1. The van der Waals surface area contributed by atoms with Crippen molar-refractivity contribution in [2.75, 3.05) is 18.8 Å². The van der Waals surface area contributed by atoms with Crippen molar-refractivity contribution in [2.45, 2.75) is 45.6 Å². The molecule has 4 rings (SSSR count). The number of rotatable bonds is 6. The molecule has 0 bridgehead atoms. The zero-order chi connectivity index (χ0) is 24.2. The minimum absolute atomic E-state index is 0.0338. The van der Waals surface area contributed by atoms with Crippen LogP contribution in [0.4, 0.5) is 10.2 Å². The lowest BCUT2D eigenvalue weighted by atomic mass is 10.0. The molecule has 1 aliphatic heterocycles. The first-order chi connectivity index (χ1) is 16.4. The van der Waals surface area contributed by atoms with Crippen LogP contribution in [0.2, 0.25) is 0 Å². The number of nitrogens with one attached hydrogen (secondary N) is 1. The van der Waals surface area contributed by atoms with Crippen LogP contribution in [0.1, 0.15) is 48.4 Å². The largest absolute Gasteiger partial charge is 0.482 e. The molecular formula is C27H31FN4O2. The van der Waals surface area contributed by atoms with Crippen LogP contribution in [0.5, 0.6) is 5.75 Å². The second kappa shape index (κ2) is 10.2. The van der Waals surface area contributed by atoms with E-state index in [0.717, 1.165) is 16.7 Å². The Hall–Kier alpha value is -3.45. The Labute approximate surface area is 199 Å². The predicted octanol–water partition coefficient (Wildman–Crippen LogP) is 4.76. The number of amides is 1. The summed E-state index contributed by atoms with van der Waals surface area (Å²) in [5.41, 5.74) is 9.80. The van der Waals surface area contributed by atoms with E-state index in [4.69, 9.17) is 10.5 Å². The quantitative estimate of drug-likeness (QED) is 0.552. The van der Waals surface area contributed by atoms with Crippen molar-refractivity contribution < 1.29 is 13.9 Å². The number of hydrogen-bond acceptors (Lipinski definition) is 5. The number of hydrogen-bond donors (Lipinski definition) is 2. The Kier molecular flexibility index (Phi) is 7.12. The number of anilines is 1. The molecule has 1 aromatic heterocycles. The number of nitrogens with two attached hydrogens (primary N) is 1. The van der Waals surface area contributed by atoms with Gasteiger partial charge < -0.3 is 20.7 Å². The maximum absolute atomic E-state index is 13.4. The fourth-order valence-electron chi connectivity index (χ4n) is 4.49. The number of ether oxygens (including phenoxy) is 1. The van der Waals surface area contributed by atoms with Crippen molar-refractivity contribution in [3.63, 3.8) is 0 Å². The highest BCUT2D eigenvalue weighted by molar-refractivity contribution is 5.95. The van der Waals surface area contributed by atoms with E-state index in [1.807, 2.05) is 54.3 Å². The average molecular weight is 463 g/mol. The van der Waals surface area contributed by atoms with E-state index in [1.54, 1.807) is 18.3 Å². The van der Waals surface area contributed by atoms with Gasteiger partial charge in [0.2, 0.25) is 0 Å². The Morgan fingerprint density at radius 3 is 2.50 bits per heavy atom. The van der Waals surface area contributed by atoms with E-state index in [2.05, 4.69) is 24.1 Å². The summed E-state index contributed by atoms with van der Waals surface area (Å²) in [6.45, 7) is 6.86. The van der Waals surface area contributed by atoms with Crippen LogP contribution in [0, 0.1) is 0 Å². The Morgan fingerprint density at radius 1 is 1.15 bits per heavy atom. The van der Waals surface area contributed by atoms with Crippen LogP contribution in [-0.4, -0.2) is 41.0 Å². The first kappa shape index (κ1) is 23.7. The number of alkyl halides is 1. The summed E-state index contributed by atoms with van der Waals surface area (Å²) < 4.78 is 19.4. The lowest BCUT2D eigenvalue weighted by Gasteiger charge is -2.36. The topological polar surface area (TPSA) is 80.5 Å². The minimum Gasteiger partial charge on any atom is -0.482 e. The molecule has 1 amide bonds. The van der Waals surface area contributed by atoms with Gasteiger partial charge in [0, 0.05) is 42.5 Å². The standard InChI is InChI=1S/C27H31FN4O2/c1-17-15-32(16-18(2)31-17)27(33)21-10-8-20(9-11-21)23-12-25(26(29)30-14-23)34-19(3)24-7-5-4-6-22(24)13-28/h4-12,14,17-19,31H,13,15-16H2,1-3H3,(H2,29,30). The Morgan fingerprint density at radius 2 is 1.82 bits per heavy atom. The number of nitrogens with zero attached hydrogens (tertiary/aromatic N) is 2. The summed E-state index contributed by atoms with van der Waals surface area (Å²) in [4.78, 5) is 19.2. The van der Waals surface area contributed by atoms with Gasteiger partial charge in [-0.15, -0.1) is 0 Å². The molecule has 2 aromatic carbocycles. The molecule has 1 fully saturated rings. The third-order valence-electron chi connectivity index (χ3n) is 6.13. The molecule has 2 heterocycles. The summed E-state index contributed by atoms with van der Waals surface area (Å²) >= 11 is 0. The molecule has 0 radical (unpaired) electrons. The number of aromatic nitrogens is 1. The van der Waals surface area contributed by atoms with Gasteiger partial charge in [0.05, 0.1) is 0 Å². The number of carbonyl (C=O) groups excluding carboxylic acids is 1. The molecule has 6 nitrogen and oxygen atoms in total. The highest BCUT2D eigenvalue weighted by Crippen LogP contribution is 2.32. The van der Waals surface area contributed by atoms with Crippen LogP contribution in [0.3, 0.4) is 0 Å². The number of halogens is 1. The number of carbonyl (C=O) groups is 1. The van der Waals surface area contributed by atoms with Gasteiger partial charge in [0.25, 0.3) is 5.91 Å². The second-order valence-corrected chi connectivity index (χ2v) is 8.96. The van der Waals surface area contributed by atoms with E-state index in [-0.39, 0.29) is 23.8 Å². The second-order valence-electron chi connectivity index (χ2n) is 8.96. The lowest BCUT2D eigenvalue weighted by Crippen LogP contribution is -2.55. The summed E-state index contributed by atoms with van der Waals surface area (Å²) in [5, 5.41) is 3.44. The first-order valence-corrected chi connectivity index (χ1v) is 11.6. The molecule has 0 saturated carbocycles. The van der Waals surface area contributed by atoms with E-state index >= 15 is 0 Å². The van der Waals surface area contributed by atoms with Crippen LogP contribution in [-0.2, 0) is 6.67 Å². The van der Waals surface area contributed by atoms with Crippen molar-refractivity contribution in [3.8, 4) is 16.9 Å². The molecule has 3 unspecified atom stereocenters. The summed E-state index contributed by atoms with van der Waals surface area (Å²) in [6, 6.07) is 17.1. The summed E-state index contributed by atoms with van der Waals surface area (Å²) in [5.74, 6) is 0.733. The molecular weight excluding hydrogens is 431 g/mol. The van der Waals surface area contributed by atoms with E-state index in [9.17, 15) is 9.18 Å². The van der Waals surface area contributed by atoms with E-state index in [1.165, 1.54) is 0 Å². The molecule has 178 valence electrons. The zero-order valence-electron chi connectivity index (χ0n) is 19.8. The van der Waals surface area contributed by atoms with Crippen LogP contribution < -0.4 is 15.8 Å². The molecule has 0 aliphatic carbocycles. The summed E-state index contributed by atoms with van der Waals surface area (Å²) in [6.07, 6.45) is 1.29. The molecule has 3 aromatic rings. The fraction of sp³-hybridized carbons (Fsp3) is 0.333. The lowest BCUT2D eigenvalue weighted by molar-refractivity contribution is 0.0674. The first-order valence-electron chi connectivity index (χ1n) is 11.6. The molecule has 1 aliphatic rings. The number of pyridine rings is 1. The van der Waals surface area contributed by atoms with Crippen LogP contribution in [0.25, 0.3) is 11.1 Å². The van der Waals surface area contributed by atoms with Gasteiger partial charge in [0.15, 0.2) is 11.6 Å². The molecule has 1 saturated heterocycles. The molecule has 7 heteroatoms. The van der Waals surface area contributed by atoms with E-state index in [0.29, 0.717) is 30.0 Å². The minimum atomic E-state index is -0.561. The third kappa shape index (κ3) is 5.20. The highest BCUT2D eigenvalue weighted by Gasteiger charge is 2.25. The normalized spacial score (nSPS) is 19.0. The molecule has 34 heavy (non-hydrogen) atoms. The maximum Gasteiger partial charge on any atom is 0.253 e. The van der Waals surface area contributed by atoms with Crippen LogP contribution in [0.15, 0.2) is 60.8 Å². The van der Waals surface area contributed by atoms with Crippen molar-refractivity contribution in [3.05, 3.63) is 77.5 Å². The molecule has 3 atom stereocenters. The maximum atomic E-state index is 13.4. The predicted molar refractivity (Wildman–Crippen MR) is 132 cm³/mol. The highest BCUT2D eigenvalue weighted by atomic mass is 19.1. The van der Waals surface area contributed by atoms with Gasteiger partial charge in [-0.05, 0) is 55.7 Å². The van der Waals surface area contributed by atoms with Gasteiger partial charge in [-0.3, -0.25) is 4.79 Å². The van der Waals surface area contributed by atoms with Crippen molar-refractivity contribution >= 4 is 11.7 Å². The van der Waals surface area contributed by atoms with E-state index < -0.39 is 12.8 Å². The fourth-order valence-corrected chi connectivity index (χ4v) is 4.49. The zero-order valence-corrected chi connectivity index (χ0v) is 19.8. The monoisotopic (exact) mass is 462 g/mol. The van der Waals surface area contributed by atoms with Gasteiger partial charge in [-0.25, -0.2) is 9.37 Å². The molecule has 3 N–H and O–H groups in total. The van der Waals surface area contributed by atoms with Gasteiger partial charge in [-0.1, -0.05) is 36.4 Å². The van der Waals surface area contributed by atoms with Gasteiger partial charge in [-0.2, -0.15) is 0 Å². The van der Waals surface area contributed by atoms with Gasteiger partial charge >= 0.3 is 0 Å². The Balaban J connectivity index is 1.52. The number of piperazine rings is 1. The smallest absolute Gasteiger partial charge is 0.253 e. The van der Waals surface area contributed by atoms with Gasteiger partial charge in [0.1, 0.15) is 12.8 Å². The average Bonchev–Trinajstić information content (AvgIpc) is 2.84.